The molecular weight excluding hydrogens is 201 g/mol. The molecule has 0 N–H and O–H groups in total. The Hall–Kier alpha value is -0.550. The summed E-state index contributed by atoms with van der Waals surface area (Å²) in [5.74, 6) is 0. The molecule has 2 atom stereocenters. The van der Waals surface area contributed by atoms with Crippen molar-refractivity contribution >= 4 is 9.39 Å². The molecule has 1 rings (SSSR count). The SMILES string of the molecule is C=C/C=C1\C(=C/C)CCC(C)(CC)N1P. The van der Waals surface area contributed by atoms with E-state index >= 15 is 0 Å². The first-order chi connectivity index (χ1) is 7.09. The van der Waals surface area contributed by atoms with Crippen molar-refractivity contribution < 1.29 is 0 Å². The molecule has 0 aromatic carbocycles. The standard InChI is InChI=1S/C13H22NP/c1-5-8-12-11(6-2)9-10-13(4,7-3)14(12)15/h5-6,8H,1,7,9-10,15H2,2-4H3/b11-6-,12-8+. The van der Waals surface area contributed by atoms with E-state index in [0.29, 0.717) is 0 Å². The third-order valence-corrected chi connectivity index (χ3v) is 4.39. The highest BCUT2D eigenvalue weighted by Crippen LogP contribution is 2.41. The van der Waals surface area contributed by atoms with Crippen LogP contribution in [-0.4, -0.2) is 10.2 Å². The average Bonchev–Trinajstić information content (AvgIpc) is 2.25. The van der Waals surface area contributed by atoms with Crippen molar-refractivity contribution in [1.82, 2.24) is 4.67 Å². The van der Waals surface area contributed by atoms with Gasteiger partial charge in [-0.2, -0.15) is 0 Å². The maximum Gasteiger partial charge on any atom is 0.0428 e. The van der Waals surface area contributed by atoms with Gasteiger partial charge in [0, 0.05) is 11.2 Å². The Morgan fingerprint density at radius 3 is 2.73 bits per heavy atom. The van der Waals surface area contributed by atoms with Crippen molar-refractivity contribution in [3.8, 4) is 0 Å². The average molecular weight is 223 g/mol. The van der Waals surface area contributed by atoms with Gasteiger partial charge in [-0.3, -0.25) is 0 Å². The highest BCUT2D eigenvalue weighted by atomic mass is 31.0. The largest absolute Gasteiger partial charge is 0.350 e. The summed E-state index contributed by atoms with van der Waals surface area (Å²) in [5, 5.41) is 0. The van der Waals surface area contributed by atoms with Crippen molar-refractivity contribution in [2.45, 2.75) is 45.6 Å². The Kier molecular flexibility index (Phi) is 4.16. The zero-order chi connectivity index (χ0) is 11.5. The minimum Gasteiger partial charge on any atom is -0.350 e. The zero-order valence-electron chi connectivity index (χ0n) is 10.1. The van der Waals surface area contributed by atoms with Crippen molar-refractivity contribution in [2.75, 3.05) is 0 Å². The Bertz CT molecular complexity index is 304. The number of hydrogen-bond donors (Lipinski definition) is 0. The van der Waals surface area contributed by atoms with E-state index in [1.54, 1.807) is 0 Å². The lowest BCUT2D eigenvalue weighted by Crippen LogP contribution is -2.42. The van der Waals surface area contributed by atoms with E-state index in [9.17, 15) is 0 Å². The molecule has 2 heteroatoms. The van der Waals surface area contributed by atoms with Crippen LogP contribution in [-0.2, 0) is 0 Å². The number of nitrogens with zero attached hydrogens (tertiary/aromatic N) is 1. The van der Waals surface area contributed by atoms with Gasteiger partial charge < -0.3 is 4.67 Å². The van der Waals surface area contributed by atoms with Gasteiger partial charge in [-0.05, 0) is 54.1 Å². The molecule has 0 radical (unpaired) electrons. The maximum atomic E-state index is 3.79. The summed E-state index contributed by atoms with van der Waals surface area (Å²) >= 11 is 0. The molecule has 2 unspecified atom stereocenters. The second-order valence-electron chi connectivity index (χ2n) is 4.32. The summed E-state index contributed by atoms with van der Waals surface area (Å²) in [5.41, 5.74) is 3.00. The lowest BCUT2D eigenvalue weighted by atomic mass is 9.84. The highest BCUT2D eigenvalue weighted by Gasteiger charge is 2.33. The predicted molar refractivity (Wildman–Crippen MR) is 71.5 cm³/mol. The predicted octanol–water partition coefficient (Wildman–Crippen LogP) is 4.06. The Morgan fingerprint density at radius 1 is 1.60 bits per heavy atom. The van der Waals surface area contributed by atoms with E-state index in [-0.39, 0.29) is 5.54 Å². The summed E-state index contributed by atoms with van der Waals surface area (Å²) in [6.07, 6.45) is 9.75. The summed E-state index contributed by atoms with van der Waals surface area (Å²) in [6.45, 7) is 10.5. The molecule has 0 aliphatic carbocycles. The van der Waals surface area contributed by atoms with E-state index in [2.05, 4.69) is 53.6 Å². The maximum absolute atomic E-state index is 3.79. The van der Waals surface area contributed by atoms with Crippen molar-refractivity contribution in [2.24, 2.45) is 0 Å². The number of piperidine rings is 1. The third kappa shape index (κ3) is 2.34. The van der Waals surface area contributed by atoms with Gasteiger partial charge in [-0.15, -0.1) is 0 Å². The molecule has 1 fully saturated rings. The molecule has 1 aliphatic rings. The van der Waals surface area contributed by atoms with Crippen LogP contribution in [0.5, 0.6) is 0 Å². The van der Waals surface area contributed by atoms with Gasteiger partial charge in [-0.25, -0.2) is 0 Å². The molecular formula is C13H22NP. The molecule has 1 saturated heterocycles. The van der Waals surface area contributed by atoms with E-state index in [0.717, 1.165) is 0 Å². The van der Waals surface area contributed by atoms with E-state index in [1.807, 2.05) is 6.08 Å². The van der Waals surface area contributed by atoms with Gasteiger partial charge in [0.25, 0.3) is 0 Å². The van der Waals surface area contributed by atoms with E-state index in [4.69, 9.17) is 0 Å². The summed E-state index contributed by atoms with van der Waals surface area (Å²) in [6, 6.07) is 0. The molecule has 1 aliphatic heterocycles. The van der Waals surface area contributed by atoms with Crippen molar-refractivity contribution in [1.29, 1.82) is 0 Å². The fourth-order valence-electron chi connectivity index (χ4n) is 2.04. The summed E-state index contributed by atoms with van der Waals surface area (Å²) < 4.78 is 2.33. The zero-order valence-corrected chi connectivity index (χ0v) is 11.2. The van der Waals surface area contributed by atoms with Crippen LogP contribution in [0.25, 0.3) is 0 Å². The number of allylic oxidation sites excluding steroid dienone is 4. The lowest BCUT2D eigenvalue weighted by molar-refractivity contribution is 0.220. The van der Waals surface area contributed by atoms with Crippen molar-refractivity contribution in [3.05, 3.63) is 36.1 Å². The van der Waals surface area contributed by atoms with E-state index < -0.39 is 0 Å². The van der Waals surface area contributed by atoms with Gasteiger partial charge in [0.15, 0.2) is 0 Å². The fourth-order valence-corrected chi connectivity index (χ4v) is 2.60. The van der Waals surface area contributed by atoms with Gasteiger partial charge >= 0.3 is 0 Å². The quantitative estimate of drug-likeness (QED) is 0.638. The molecule has 0 aromatic heterocycles. The molecule has 0 bridgehead atoms. The topological polar surface area (TPSA) is 3.24 Å². The van der Waals surface area contributed by atoms with Crippen LogP contribution in [0.4, 0.5) is 0 Å². The smallest absolute Gasteiger partial charge is 0.0428 e. The second kappa shape index (κ2) is 4.99. The number of hydrogen-bond acceptors (Lipinski definition) is 1. The van der Waals surface area contributed by atoms with Gasteiger partial charge in [-0.1, -0.05) is 25.7 Å². The Balaban J connectivity index is 3.06. The first kappa shape index (κ1) is 12.5. The molecule has 0 spiro atoms. The van der Waals surface area contributed by atoms with Crippen LogP contribution in [0.3, 0.4) is 0 Å². The van der Waals surface area contributed by atoms with Crippen LogP contribution in [0, 0.1) is 0 Å². The molecule has 0 aromatic rings. The minimum absolute atomic E-state index is 0.270. The van der Waals surface area contributed by atoms with Gasteiger partial charge in [0.2, 0.25) is 0 Å². The highest BCUT2D eigenvalue weighted by molar-refractivity contribution is 7.13. The van der Waals surface area contributed by atoms with Gasteiger partial charge in [0.05, 0.1) is 0 Å². The molecule has 0 saturated carbocycles. The summed E-state index contributed by atoms with van der Waals surface area (Å²) in [7, 11) is 2.86. The third-order valence-electron chi connectivity index (χ3n) is 3.49. The molecule has 1 heterocycles. The Labute approximate surface area is 96.2 Å². The van der Waals surface area contributed by atoms with Crippen LogP contribution >= 0.6 is 9.39 Å². The normalized spacial score (nSPS) is 32.4. The van der Waals surface area contributed by atoms with Crippen LogP contribution in [0.1, 0.15) is 40.0 Å². The van der Waals surface area contributed by atoms with Crippen LogP contribution in [0.15, 0.2) is 36.1 Å². The molecule has 1 nitrogen and oxygen atoms in total. The van der Waals surface area contributed by atoms with Crippen LogP contribution in [0.2, 0.25) is 0 Å². The lowest BCUT2D eigenvalue weighted by Gasteiger charge is -2.46. The first-order valence-electron chi connectivity index (χ1n) is 5.62. The minimum atomic E-state index is 0.270. The first-order valence-corrected chi connectivity index (χ1v) is 6.14. The summed E-state index contributed by atoms with van der Waals surface area (Å²) in [4.78, 5) is 0. The van der Waals surface area contributed by atoms with Crippen LogP contribution < -0.4 is 0 Å². The molecule has 84 valence electrons. The van der Waals surface area contributed by atoms with E-state index in [1.165, 1.54) is 30.5 Å². The molecule has 15 heavy (non-hydrogen) atoms. The molecule has 0 amide bonds. The van der Waals surface area contributed by atoms with Gasteiger partial charge in [0.1, 0.15) is 0 Å². The Morgan fingerprint density at radius 2 is 2.27 bits per heavy atom. The fraction of sp³-hybridized carbons (Fsp3) is 0.538. The van der Waals surface area contributed by atoms with Crippen molar-refractivity contribution in [3.63, 3.8) is 0 Å². The second-order valence-corrected chi connectivity index (χ2v) is 4.84. The monoisotopic (exact) mass is 223 g/mol. The number of rotatable bonds is 2.